The molecule has 0 unspecified atom stereocenters. The molecule has 1 heterocycles. The number of rotatable bonds is 5. The Morgan fingerprint density at radius 2 is 1.56 bits per heavy atom. The zero-order chi connectivity index (χ0) is 20.4. The molecule has 0 radical (unpaired) electrons. The predicted molar refractivity (Wildman–Crippen MR) is 96.5 cm³/mol. The molecule has 0 spiro atoms. The molecule has 3 nitrogen and oxygen atoms in total. The van der Waals surface area contributed by atoms with Crippen LogP contribution in [0.25, 0.3) is 0 Å². The zero-order valence-corrected chi connectivity index (χ0v) is 16.1. The Labute approximate surface area is 161 Å². The molecule has 1 N–H and O–H groups in total. The van der Waals surface area contributed by atoms with Crippen molar-refractivity contribution in [3.63, 3.8) is 0 Å². The Hall–Kier alpha value is -1.81. The van der Waals surface area contributed by atoms with E-state index in [0.29, 0.717) is 39.9 Å². The molecule has 0 saturated carbocycles. The smallest absolute Gasteiger partial charge is 0.317 e. The summed E-state index contributed by atoms with van der Waals surface area (Å²) in [7, 11) is 0. The molecule has 1 aromatic carbocycles. The lowest BCUT2D eigenvalue weighted by Gasteiger charge is -2.19. The fourth-order valence-corrected chi connectivity index (χ4v) is 3.54. The van der Waals surface area contributed by atoms with Crippen molar-refractivity contribution in [1.82, 2.24) is 4.98 Å². The van der Waals surface area contributed by atoms with Crippen molar-refractivity contribution in [3.8, 4) is 0 Å². The van der Waals surface area contributed by atoms with Crippen LogP contribution < -0.4 is 5.32 Å². The molecule has 146 valence electrons. The number of carbonyl (C=O) groups excluding carboxylic acids is 1. The van der Waals surface area contributed by atoms with Crippen LogP contribution in [0.15, 0.2) is 40.3 Å². The van der Waals surface area contributed by atoms with Crippen LogP contribution in [0.1, 0.15) is 16.8 Å². The van der Waals surface area contributed by atoms with Crippen LogP contribution in [0.2, 0.25) is 0 Å². The van der Waals surface area contributed by atoms with Crippen molar-refractivity contribution < 1.29 is 26.7 Å². The van der Waals surface area contributed by atoms with Gasteiger partial charge in [-0.15, -0.1) is 23.5 Å². The van der Waals surface area contributed by atoms with E-state index in [4.69, 9.17) is 0 Å². The van der Waals surface area contributed by atoms with Gasteiger partial charge in [0.2, 0.25) is 0 Å². The Morgan fingerprint density at radius 1 is 1.00 bits per heavy atom. The maximum absolute atomic E-state index is 14.5. The van der Waals surface area contributed by atoms with E-state index in [1.165, 1.54) is 23.5 Å². The molecule has 0 fully saturated rings. The average molecular weight is 422 g/mol. The highest BCUT2D eigenvalue weighted by atomic mass is 32.2. The zero-order valence-electron chi connectivity index (χ0n) is 14.4. The van der Waals surface area contributed by atoms with Crippen LogP contribution in [0, 0.1) is 6.92 Å². The van der Waals surface area contributed by atoms with E-state index < -0.39 is 29.1 Å². The van der Waals surface area contributed by atoms with Gasteiger partial charge in [-0.2, -0.15) is 22.0 Å². The number of anilines is 1. The van der Waals surface area contributed by atoms with Crippen molar-refractivity contribution in [1.29, 1.82) is 0 Å². The van der Waals surface area contributed by atoms with E-state index in [1.54, 1.807) is 25.5 Å². The van der Waals surface area contributed by atoms with Gasteiger partial charge in [0.1, 0.15) is 5.03 Å². The number of alkyl halides is 5. The van der Waals surface area contributed by atoms with Crippen LogP contribution in [0.4, 0.5) is 27.6 Å². The van der Waals surface area contributed by atoms with Crippen LogP contribution in [-0.4, -0.2) is 23.4 Å². The second-order valence-electron chi connectivity index (χ2n) is 5.45. The number of hydrogen-bond donors (Lipinski definition) is 1. The fraction of sp³-hybridized carbons (Fsp3) is 0.294. The van der Waals surface area contributed by atoms with Crippen molar-refractivity contribution in [2.24, 2.45) is 0 Å². The van der Waals surface area contributed by atoms with Crippen molar-refractivity contribution in [2.75, 3.05) is 17.8 Å². The lowest BCUT2D eigenvalue weighted by molar-refractivity contribution is -0.141. The minimum absolute atomic E-state index is 0.150. The van der Waals surface area contributed by atoms with Gasteiger partial charge in [-0.1, -0.05) is 12.1 Å². The molecule has 10 heteroatoms. The highest BCUT2D eigenvalue weighted by Gasteiger charge is 2.42. The molecule has 1 amide bonds. The monoisotopic (exact) mass is 422 g/mol. The van der Waals surface area contributed by atoms with Crippen LogP contribution >= 0.6 is 23.5 Å². The molecule has 0 aliphatic heterocycles. The SMILES string of the molecule is CSc1cc(C)nc(SC)c1NC(=O)C(F)(F)c1ccc(C(F)(F)F)cc1. The van der Waals surface area contributed by atoms with Gasteiger partial charge in [0.25, 0.3) is 5.91 Å². The topological polar surface area (TPSA) is 42.0 Å². The number of aromatic nitrogens is 1. The number of nitrogens with one attached hydrogen (secondary N) is 1. The number of amides is 1. The summed E-state index contributed by atoms with van der Waals surface area (Å²) in [6, 6.07) is 3.88. The Kier molecular flexibility index (Phi) is 6.41. The Bertz CT molecular complexity index is 813. The molecule has 2 aromatic rings. The van der Waals surface area contributed by atoms with Gasteiger partial charge in [0.05, 0.1) is 11.3 Å². The summed E-state index contributed by atoms with van der Waals surface area (Å²) in [4.78, 5) is 17.0. The first-order valence-electron chi connectivity index (χ1n) is 7.47. The number of pyridine rings is 1. The molecule has 2 rings (SSSR count). The van der Waals surface area contributed by atoms with Crippen LogP contribution in [-0.2, 0) is 16.9 Å². The molecular formula is C17H15F5N2OS2. The highest BCUT2D eigenvalue weighted by molar-refractivity contribution is 7.99. The lowest BCUT2D eigenvalue weighted by atomic mass is 10.1. The first-order valence-corrected chi connectivity index (χ1v) is 9.92. The number of aryl methyl sites for hydroxylation is 1. The Morgan fingerprint density at radius 3 is 2.04 bits per heavy atom. The van der Waals surface area contributed by atoms with Crippen LogP contribution in [0.5, 0.6) is 0 Å². The van der Waals surface area contributed by atoms with Crippen molar-refractivity contribution in [2.45, 2.75) is 28.9 Å². The minimum atomic E-state index is -4.65. The van der Waals surface area contributed by atoms with Gasteiger partial charge in [0, 0.05) is 16.2 Å². The number of halogens is 5. The van der Waals surface area contributed by atoms with Gasteiger partial charge < -0.3 is 5.32 Å². The Balaban J connectivity index is 2.34. The summed E-state index contributed by atoms with van der Waals surface area (Å²) >= 11 is 2.44. The van der Waals surface area contributed by atoms with Gasteiger partial charge in [0.15, 0.2) is 0 Å². The third kappa shape index (κ3) is 4.73. The number of carbonyl (C=O) groups is 1. The van der Waals surface area contributed by atoms with E-state index in [2.05, 4.69) is 10.3 Å². The molecule has 1 aromatic heterocycles. The minimum Gasteiger partial charge on any atom is -0.317 e. The van der Waals surface area contributed by atoms with E-state index >= 15 is 0 Å². The molecule has 0 bridgehead atoms. The van der Waals surface area contributed by atoms with E-state index in [0.717, 1.165) is 0 Å². The van der Waals surface area contributed by atoms with Gasteiger partial charge in [-0.3, -0.25) is 4.79 Å². The van der Waals surface area contributed by atoms with Gasteiger partial charge in [-0.25, -0.2) is 4.98 Å². The maximum atomic E-state index is 14.5. The second-order valence-corrected chi connectivity index (χ2v) is 7.10. The largest absolute Gasteiger partial charge is 0.416 e. The second kappa shape index (κ2) is 8.05. The number of thioether (sulfide) groups is 2. The summed E-state index contributed by atoms with van der Waals surface area (Å²) in [5.41, 5.74) is -1.09. The predicted octanol–water partition coefficient (Wildman–Crippen LogP) is 5.58. The standard InChI is InChI=1S/C17H15F5N2OS2/c1-9-8-12(26-2)13(14(23-9)27-3)24-15(25)16(18,19)10-4-6-11(7-5-10)17(20,21)22/h4-8H,1-3H3,(H,24,25). The summed E-state index contributed by atoms with van der Waals surface area (Å²) in [6.45, 7) is 1.74. The van der Waals surface area contributed by atoms with E-state index in [-0.39, 0.29) is 5.69 Å². The first kappa shape index (κ1) is 21.5. The first-order chi connectivity index (χ1) is 12.5. The highest BCUT2D eigenvalue weighted by Crippen LogP contribution is 2.37. The van der Waals surface area contributed by atoms with Gasteiger partial charge in [-0.05, 0) is 37.6 Å². The lowest BCUT2D eigenvalue weighted by Crippen LogP contribution is -2.32. The molecule has 0 saturated heterocycles. The summed E-state index contributed by atoms with van der Waals surface area (Å²) in [5.74, 6) is -5.65. The van der Waals surface area contributed by atoms with Crippen LogP contribution in [0.3, 0.4) is 0 Å². The quantitative estimate of drug-likeness (QED) is 0.504. The maximum Gasteiger partial charge on any atom is 0.416 e. The molecule has 0 atom stereocenters. The van der Waals surface area contributed by atoms with Gasteiger partial charge >= 0.3 is 12.1 Å². The molecular weight excluding hydrogens is 407 g/mol. The average Bonchev–Trinajstić information content (AvgIpc) is 2.61. The normalized spacial score (nSPS) is 12.1. The van der Waals surface area contributed by atoms with Crippen molar-refractivity contribution in [3.05, 3.63) is 47.2 Å². The third-order valence-electron chi connectivity index (χ3n) is 3.59. The summed E-state index contributed by atoms with van der Waals surface area (Å²) < 4.78 is 66.7. The van der Waals surface area contributed by atoms with Crippen molar-refractivity contribution >= 4 is 35.1 Å². The number of hydrogen-bond acceptors (Lipinski definition) is 4. The molecule has 0 aliphatic carbocycles. The fourth-order valence-electron chi connectivity index (χ4n) is 2.23. The van der Waals surface area contributed by atoms with E-state index in [9.17, 15) is 26.7 Å². The summed E-state index contributed by atoms with van der Waals surface area (Å²) in [5, 5.41) is 2.55. The number of benzene rings is 1. The third-order valence-corrected chi connectivity index (χ3v) is 5.03. The van der Waals surface area contributed by atoms with E-state index in [1.807, 2.05) is 0 Å². The number of nitrogens with zero attached hydrogens (tertiary/aromatic N) is 1. The molecule has 0 aliphatic rings. The molecule has 27 heavy (non-hydrogen) atoms. The summed E-state index contributed by atoms with van der Waals surface area (Å²) in [6.07, 6.45) is -1.23.